The van der Waals surface area contributed by atoms with Gasteiger partial charge < -0.3 is 16.0 Å². The Labute approximate surface area is 126 Å². The molecule has 2 unspecified atom stereocenters. The van der Waals surface area contributed by atoms with Gasteiger partial charge in [-0.2, -0.15) is 11.8 Å². The van der Waals surface area contributed by atoms with Crippen LogP contribution in [0.3, 0.4) is 0 Å². The highest BCUT2D eigenvalue weighted by Crippen LogP contribution is 2.17. The van der Waals surface area contributed by atoms with Crippen molar-refractivity contribution in [3.05, 3.63) is 29.8 Å². The van der Waals surface area contributed by atoms with E-state index in [0.717, 1.165) is 23.4 Å². The summed E-state index contributed by atoms with van der Waals surface area (Å²) in [7, 11) is 1.92. The highest BCUT2D eigenvalue weighted by atomic mass is 32.2. The van der Waals surface area contributed by atoms with Crippen molar-refractivity contribution in [2.45, 2.75) is 32.4 Å². The molecule has 0 heterocycles. The number of hydrogen-bond donors (Lipinski definition) is 3. The third kappa shape index (κ3) is 5.43. The average Bonchev–Trinajstić information content (AvgIpc) is 2.46. The van der Waals surface area contributed by atoms with Crippen LogP contribution >= 0.6 is 11.8 Å². The van der Waals surface area contributed by atoms with Crippen molar-refractivity contribution < 1.29 is 4.79 Å². The van der Waals surface area contributed by atoms with Crippen LogP contribution in [-0.4, -0.2) is 31.1 Å². The van der Waals surface area contributed by atoms with Crippen LogP contribution in [0.25, 0.3) is 0 Å². The Balaban J connectivity index is 2.61. The Bertz CT molecular complexity index is 425. The van der Waals surface area contributed by atoms with Crippen LogP contribution < -0.4 is 16.0 Å². The fourth-order valence-corrected chi connectivity index (χ4v) is 2.59. The molecule has 1 rings (SSSR count). The molecule has 4 nitrogen and oxygen atoms in total. The molecule has 20 heavy (non-hydrogen) atoms. The van der Waals surface area contributed by atoms with Gasteiger partial charge in [0.2, 0.25) is 0 Å². The van der Waals surface area contributed by atoms with Crippen LogP contribution in [0.15, 0.2) is 24.3 Å². The fraction of sp³-hybridized carbons (Fsp3) is 0.533. The highest BCUT2D eigenvalue weighted by Gasteiger charge is 2.10. The normalized spacial score (nSPS) is 13.6. The zero-order valence-corrected chi connectivity index (χ0v) is 13.5. The second-order valence-electron chi connectivity index (χ2n) is 4.79. The van der Waals surface area contributed by atoms with Gasteiger partial charge in [0.15, 0.2) is 0 Å². The number of benzene rings is 1. The van der Waals surface area contributed by atoms with Gasteiger partial charge in [0, 0.05) is 23.5 Å². The van der Waals surface area contributed by atoms with Crippen LogP contribution in [0.2, 0.25) is 0 Å². The Hall–Kier alpha value is -1.20. The van der Waals surface area contributed by atoms with Crippen molar-refractivity contribution in [2.75, 3.05) is 24.4 Å². The van der Waals surface area contributed by atoms with Crippen molar-refractivity contribution in [1.29, 1.82) is 0 Å². The largest absolute Gasteiger partial charge is 0.334 e. The molecule has 0 saturated carbocycles. The molecule has 0 radical (unpaired) electrons. The second-order valence-corrected chi connectivity index (χ2v) is 5.71. The summed E-state index contributed by atoms with van der Waals surface area (Å²) in [6.45, 7) is 4.17. The lowest BCUT2D eigenvalue weighted by Crippen LogP contribution is -2.39. The zero-order chi connectivity index (χ0) is 15.0. The Kier molecular flexibility index (Phi) is 7.47. The summed E-state index contributed by atoms with van der Waals surface area (Å²) >= 11 is 1.74. The summed E-state index contributed by atoms with van der Waals surface area (Å²) in [5.74, 6) is 0.931. The number of carbonyl (C=O) groups excluding carboxylic acids is 1. The number of thioether (sulfide) groups is 1. The predicted octanol–water partition coefficient (Wildman–Crippen LogP) is 3.23. The molecule has 0 aliphatic carbocycles. The van der Waals surface area contributed by atoms with Crippen LogP contribution in [0, 0.1) is 0 Å². The van der Waals surface area contributed by atoms with E-state index in [1.54, 1.807) is 11.8 Å². The van der Waals surface area contributed by atoms with Gasteiger partial charge in [-0.1, -0.05) is 19.1 Å². The SMILES string of the molecule is CCC(CSC)NC(=O)Nc1cccc(C(C)NC)c1. The van der Waals surface area contributed by atoms with E-state index in [4.69, 9.17) is 0 Å². The molecular weight excluding hydrogens is 270 g/mol. The average molecular weight is 295 g/mol. The minimum atomic E-state index is -0.139. The number of carbonyl (C=O) groups is 1. The molecule has 1 aromatic carbocycles. The number of nitrogens with one attached hydrogen (secondary N) is 3. The van der Waals surface area contributed by atoms with Gasteiger partial charge in [-0.05, 0) is 44.3 Å². The maximum absolute atomic E-state index is 12.0. The van der Waals surface area contributed by atoms with Gasteiger partial charge >= 0.3 is 6.03 Å². The molecule has 3 N–H and O–H groups in total. The lowest BCUT2D eigenvalue weighted by Gasteiger charge is -2.17. The van der Waals surface area contributed by atoms with E-state index in [1.165, 1.54) is 0 Å². The quantitative estimate of drug-likeness (QED) is 0.724. The summed E-state index contributed by atoms with van der Waals surface area (Å²) in [5.41, 5.74) is 1.97. The number of hydrogen-bond acceptors (Lipinski definition) is 3. The third-order valence-corrected chi connectivity index (χ3v) is 4.01. The van der Waals surface area contributed by atoms with Gasteiger partial charge in [-0.3, -0.25) is 0 Å². The Morgan fingerprint density at radius 3 is 2.75 bits per heavy atom. The maximum Gasteiger partial charge on any atom is 0.319 e. The van der Waals surface area contributed by atoms with E-state index >= 15 is 0 Å². The van der Waals surface area contributed by atoms with Gasteiger partial charge in [0.25, 0.3) is 0 Å². The summed E-state index contributed by atoms with van der Waals surface area (Å²) in [6.07, 6.45) is 2.98. The minimum absolute atomic E-state index is 0.139. The van der Waals surface area contributed by atoms with Gasteiger partial charge in [-0.25, -0.2) is 4.79 Å². The van der Waals surface area contributed by atoms with E-state index in [0.29, 0.717) is 0 Å². The standard InChI is InChI=1S/C15H25N3OS/c1-5-13(10-20-4)17-15(19)18-14-8-6-7-12(9-14)11(2)16-3/h6-9,11,13,16H,5,10H2,1-4H3,(H2,17,18,19). The summed E-state index contributed by atoms with van der Waals surface area (Å²) in [4.78, 5) is 12.0. The number of urea groups is 1. The topological polar surface area (TPSA) is 53.2 Å². The van der Waals surface area contributed by atoms with Crippen molar-refractivity contribution in [1.82, 2.24) is 10.6 Å². The molecule has 0 fully saturated rings. The lowest BCUT2D eigenvalue weighted by atomic mass is 10.1. The molecule has 2 amide bonds. The third-order valence-electron chi connectivity index (χ3n) is 3.27. The predicted molar refractivity (Wildman–Crippen MR) is 88.5 cm³/mol. The first kappa shape index (κ1) is 16.9. The van der Waals surface area contributed by atoms with Gasteiger partial charge in [0.1, 0.15) is 0 Å². The summed E-state index contributed by atoms with van der Waals surface area (Å²) in [5, 5.41) is 9.08. The van der Waals surface area contributed by atoms with E-state index in [9.17, 15) is 4.79 Å². The molecule has 5 heteroatoms. The Morgan fingerprint density at radius 2 is 2.15 bits per heavy atom. The first-order valence-electron chi connectivity index (χ1n) is 6.94. The van der Waals surface area contributed by atoms with Crippen molar-refractivity contribution >= 4 is 23.5 Å². The van der Waals surface area contributed by atoms with E-state index in [1.807, 2.05) is 37.6 Å². The molecule has 2 atom stereocenters. The van der Waals surface area contributed by atoms with Crippen LogP contribution in [0.4, 0.5) is 10.5 Å². The molecule has 0 spiro atoms. The van der Waals surface area contributed by atoms with E-state index in [2.05, 4.69) is 29.8 Å². The number of anilines is 1. The van der Waals surface area contributed by atoms with Crippen LogP contribution in [0.1, 0.15) is 31.9 Å². The maximum atomic E-state index is 12.0. The molecule has 0 bridgehead atoms. The van der Waals surface area contributed by atoms with Gasteiger partial charge in [-0.15, -0.1) is 0 Å². The van der Waals surface area contributed by atoms with Crippen molar-refractivity contribution in [3.63, 3.8) is 0 Å². The van der Waals surface area contributed by atoms with Crippen molar-refractivity contribution in [2.24, 2.45) is 0 Å². The second kappa shape index (κ2) is 8.87. The van der Waals surface area contributed by atoms with E-state index < -0.39 is 0 Å². The molecule has 1 aromatic rings. The summed E-state index contributed by atoms with van der Waals surface area (Å²) < 4.78 is 0. The monoisotopic (exact) mass is 295 g/mol. The molecule has 112 valence electrons. The molecule has 0 aliphatic rings. The number of amides is 2. The zero-order valence-electron chi connectivity index (χ0n) is 12.7. The number of rotatable bonds is 7. The smallest absolute Gasteiger partial charge is 0.319 e. The summed E-state index contributed by atoms with van der Waals surface area (Å²) in [6, 6.07) is 8.24. The van der Waals surface area contributed by atoms with Crippen molar-refractivity contribution in [3.8, 4) is 0 Å². The van der Waals surface area contributed by atoms with Crippen LogP contribution in [-0.2, 0) is 0 Å². The molecule has 0 aliphatic heterocycles. The molecule has 0 aromatic heterocycles. The first-order chi connectivity index (χ1) is 9.60. The minimum Gasteiger partial charge on any atom is -0.334 e. The first-order valence-corrected chi connectivity index (χ1v) is 8.33. The lowest BCUT2D eigenvalue weighted by molar-refractivity contribution is 0.249. The molecule has 0 saturated heterocycles. The fourth-order valence-electron chi connectivity index (χ4n) is 1.87. The molecular formula is C15H25N3OS. The van der Waals surface area contributed by atoms with Crippen LogP contribution in [0.5, 0.6) is 0 Å². The Morgan fingerprint density at radius 1 is 1.40 bits per heavy atom. The van der Waals surface area contributed by atoms with Gasteiger partial charge in [0.05, 0.1) is 0 Å². The highest BCUT2D eigenvalue weighted by molar-refractivity contribution is 7.98. The van der Waals surface area contributed by atoms with E-state index in [-0.39, 0.29) is 18.1 Å².